The molecule has 1 aromatic heterocycles. The molecule has 0 N–H and O–H groups in total. The van der Waals surface area contributed by atoms with Crippen LogP contribution < -0.4 is 0 Å². The Labute approximate surface area is 104 Å². The van der Waals surface area contributed by atoms with Crippen molar-refractivity contribution in [2.75, 3.05) is 7.11 Å². The predicted octanol–water partition coefficient (Wildman–Crippen LogP) is 1.44. The molecule has 0 radical (unpaired) electrons. The monoisotopic (exact) mass is 256 g/mol. The van der Waals surface area contributed by atoms with Gasteiger partial charge >= 0.3 is 5.97 Å². The van der Waals surface area contributed by atoms with E-state index in [0.29, 0.717) is 11.2 Å². The van der Waals surface area contributed by atoms with E-state index in [2.05, 4.69) is 20.3 Å². The first-order chi connectivity index (χ1) is 8.22. The average Bonchev–Trinajstić information content (AvgIpc) is 2.97. The number of aromatic nitrogens is 4. The first-order valence-electron chi connectivity index (χ1n) is 5.74. The molecule has 1 aliphatic carbocycles. The average molecular weight is 256 g/mol. The van der Waals surface area contributed by atoms with Crippen molar-refractivity contribution in [1.29, 1.82) is 0 Å². The molecule has 0 amide bonds. The molecule has 0 bridgehead atoms. The number of hydrogen-bond donors (Lipinski definition) is 0. The number of nitrogens with zero attached hydrogens (tertiary/aromatic N) is 4. The summed E-state index contributed by atoms with van der Waals surface area (Å²) in [6.07, 6.45) is 4.68. The van der Waals surface area contributed by atoms with Crippen LogP contribution in [0.4, 0.5) is 0 Å². The molecule has 1 atom stereocenters. The largest absolute Gasteiger partial charge is 0.468 e. The van der Waals surface area contributed by atoms with Crippen molar-refractivity contribution in [3.8, 4) is 0 Å². The Hall–Kier alpha value is -1.11. The fourth-order valence-corrected chi connectivity index (χ4v) is 2.90. The topological polar surface area (TPSA) is 69.9 Å². The van der Waals surface area contributed by atoms with E-state index in [9.17, 15) is 4.79 Å². The highest BCUT2D eigenvalue weighted by Crippen LogP contribution is 2.32. The van der Waals surface area contributed by atoms with Gasteiger partial charge in [0.1, 0.15) is 5.25 Å². The molecule has 1 saturated carbocycles. The van der Waals surface area contributed by atoms with Gasteiger partial charge in [-0.3, -0.25) is 4.79 Å². The third-order valence-corrected chi connectivity index (χ3v) is 3.97. The number of carbonyl (C=O) groups excluding carboxylic acids is 1. The summed E-state index contributed by atoms with van der Waals surface area (Å²) in [6.45, 7) is 1.80. The summed E-state index contributed by atoms with van der Waals surface area (Å²) in [6, 6.07) is 0.386. The first kappa shape index (κ1) is 12.3. The van der Waals surface area contributed by atoms with E-state index in [0.717, 1.165) is 12.8 Å². The summed E-state index contributed by atoms with van der Waals surface area (Å²) in [5.74, 6) is -0.254. The number of tetrazole rings is 1. The third kappa shape index (κ3) is 2.77. The zero-order valence-electron chi connectivity index (χ0n) is 10.00. The molecule has 0 saturated heterocycles. The maximum absolute atomic E-state index is 11.3. The minimum Gasteiger partial charge on any atom is -0.468 e. The zero-order valence-corrected chi connectivity index (χ0v) is 10.8. The molecule has 0 spiro atoms. The lowest BCUT2D eigenvalue weighted by atomic mass is 10.3. The third-order valence-electron chi connectivity index (χ3n) is 2.95. The van der Waals surface area contributed by atoms with Crippen LogP contribution in [0.5, 0.6) is 0 Å². The van der Waals surface area contributed by atoms with E-state index >= 15 is 0 Å². The van der Waals surface area contributed by atoms with Gasteiger partial charge in [0.15, 0.2) is 0 Å². The number of esters is 1. The molecular weight excluding hydrogens is 240 g/mol. The lowest BCUT2D eigenvalue weighted by Crippen LogP contribution is -2.17. The lowest BCUT2D eigenvalue weighted by molar-refractivity contribution is -0.139. The van der Waals surface area contributed by atoms with Crippen LogP contribution in [0, 0.1) is 0 Å². The number of ether oxygens (including phenoxy) is 1. The van der Waals surface area contributed by atoms with Crippen LogP contribution in [-0.2, 0) is 9.53 Å². The van der Waals surface area contributed by atoms with Crippen LogP contribution in [0.1, 0.15) is 38.6 Å². The van der Waals surface area contributed by atoms with Gasteiger partial charge in [-0.05, 0) is 30.2 Å². The van der Waals surface area contributed by atoms with Gasteiger partial charge in [0.05, 0.1) is 13.2 Å². The van der Waals surface area contributed by atoms with Gasteiger partial charge in [0, 0.05) is 0 Å². The number of methoxy groups -OCH3 is 1. The molecule has 1 aromatic rings. The molecule has 1 aliphatic rings. The van der Waals surface area contributed by atoms with Gasteiger partial charge in [0.2, 0.25) is 5.16 Å². The molecular formula is C10H16N4O2S. The molecule has 2 rings (SSSR count). The molecule has 6 nitrogen and oxygen atoms in total. The molecule has 7 heteroatoms. The highest BCUT2D eigenvalue weighted by Gasteiger charge is 2.24. The number of thioether (sulfide) groups is 1. The van der Waals surface area contributed by atoms with E-state index in [-0.39, 0.29) is 11.2 Å². The molecule has 0 aromatic carbocycles. The number of hydrogen-bond acceptors (Lipinski definition) is 6. The number of carbonyl (C=O) groups is 1. The van der Waals surface area contributed by atoms with Gasteiger partial charge in [-0.15, -0.1) is 5.10 Å². The summed E-state index contributed by atoms with van der Waals surface area (Å²) < 4.78 is 6.53. The molecule has 1 heterocycles. The fourth-order valence-electron chi connectivity index (χ4n) is 2.01. The van der Waals surface area contributed by atoms with Crippen molar-refractivity contribution >= 4 is 17.7 Å². The van der Waals surface area contributed by atoms with Crippen LogP contribution >= 0.6 is 11.8 Å². The van der Waals surface area contributed by atoms with Crippen LogP contribution in [0.25, 0.3) is 0 Å². The van der Waals surface area contributed by atoms with Crippen LogP contribution in [0.15, 0.2) is 5.16 Å². The van der Waals surface area contributed by atoms with Crippen molar-refractivity contribution in [2.24, 2.45) is 0 Å². The van der Waals surface area contributed by atoms with E-state index in [1.807, 2.05) is 4.68 Å². The van der Waals surface area contributed by atoms with Gasteiger partial charge in [-0.25, -0.2) is 4.68 Å². The standard InChI is InChI=1S/C10H16N4O2S/c1-7(9(15)16-2)17-10-11-12-13-14(10)8-5-3-4-6-8/h7-8H,3-6H2,1-2H3. The summed E-state index contributed by atoms with van der Waals surface area (Å²) in [5.41, 5.74) is 0. The van der Waals surface area contributed by atoms with Gasteiger partial charge in [-0.2, -0.15) is 0 Å². The summed E-state index contributed by atoms with van der Waals surface area (Å²) in [5, 5.41) is 12.1. The molecule has 0 aliphatic heterocycles. The van der Waals surface area contributed by atoms with E-state index < -0.39 is 0 Å². The van der Waals surface area contributed by atoms with E-state index in [1.54, 1.807) is 6.92 Å². The molecule has 17 heavy (non-hydrogen) atoms. The fraction of sp³-hybridized carbons (Fsp3) is 0.800. The summed E-state index contributed by atoms with van der Waals surface area (Å²) in [4.78, 5) is 11.3. The second kappa shape index (κ2) is 5.48. The van der Waals surface area contributed by atoms with E-state index in [4.69, 9.17) is 0 Å². The van der Waals surface area contributed by atoms with Gasteiger partial charge in [-0.1, -0.05) is 24.6 Å². The smallest absolute Gasteiger partial charge is 0.318 e. The zero-order chi connectivity index (χ0) is 12.3. The van der Waals surface area contributed by atoms with Gasteiger partial charge in [0.25, 0.3) is 0 Å². The Morgan fingerprint density at radius 1 is 1.53 bits per heavy atom. The quantitative estimate of drug-likeness (QED) is 0.599. The van der Waals surface area contributed by atoms with Crippen LogP contribution in [0.2, 0.25) is 0 Å². The minimum atomic E-state index is -0.286. The maximum Gasteiger partial charge on any atom is 0.318 e. The molecule has 1 unspecified atom stereocenters. The van der Waals surface area contributed by atoms with E-state index in [1.165, 1.54) is 31.7 Å². The second-order valence-electron chi connectivity index (χ2n) is 4.13. The van der Waals surface area contributed by atoms with Crippen molar-refractivity contribution in [2.45, 2.75) is 49.1 Å². The normalized spacial score (nSPS) is 18.2. The summed E-state index contributed by atoms with van der Waals surface area (Å²) in [7, 11) is 1.39. The molecule has 94 valence electrons. The van der Waals surface area contributed by atoms with Crippen LogP contribution in [0.3, 0.4) is 0 Å². The van der Waals surface area contributed by atoms with Crippen molar-refractivity contribution in [3.63, 3.8) is 0 Å². The maximum atomic E-state index is 11.3. The Kier molecular flexibility index (Phi) is 3.98. The predicted molar refractivity (Wildman–Crippen MR) is 62.7 cm³/mol. The highest BCUT2D eigenvalue weighted by molar-refractivity contribution is 8.00. The van der Waals surface area contributed by atoms with Gasteiger partial charge < -0.3 is 4.74 Å². The number of rotatable bonds is 4. The first-order valence-corrected chi connectivity index (χ1v) is 6.62. The second-order valence-corrected chi connectivity index (χ2v) is 5.44. The van der Waals surface area contributed by atoms with Crippen LogP contribution in [-0.4, -0.2) is 38.5 Å². The SMILES string of the molecule is COC(=O)C(C)Sc1nnnn1C1CCCC1. The molecule has 1 fully saturated rings. The summed E-state index contributed by atoms with van der Waals surface area (Å²) >= 11 is 1.35. The Morgan fingerprint density at radius 3 is 2.88 bits per heavy atom. The Morgan fingerprint density at radius 2 is 2.24 bits per heavy atom. The Bertz CT molecular complexity index is 389. The Balaban J connectivity index is 2.05. The lowest BCUT2D eigenvalue weighted by Gasteiger charge is -2.12. The van der Waals surface area contributed by atoms with Crippen molar-refractivity contribution in [3.05, 3.63) is 0 Å². The van der Waals surface area contributed by atoms with Crippen molar-refractivity contribution in [1.82, 2.24) is 20.2 Å². The van der Waals surface area contributed by atoms with Crippen molar-refractivity contribution < 1.29 is 9.53 Å². The highest BCUT2D eigenvalue weighted by atomic mass is 32.2. The minimum absolute atomic E-state index is 0.254.